The van der Waals surface area contributed by atoms with Crippen molar-refractivity contribution in [2.24, 2.45) is 0 Å². The Morgan fingerprint density at radius 2 is 1.82 bits per heavy atom. The van der Waals surface area contributed by atoms with Crippen LogP contribution >= 0.6 is 9.24 Å². The molecule has 0 radical (unpaired) electrons. The van der Waals surface area contributed by atoms with Gasteiger partial charge < -0.3 is 21.1 Å². The molecule has 2 heterocycles. The number of phenolic OH excluding ortho intramolecular Hbond substituents is 1. The van der Waals surface area contributed by atoms with E-state index in [-0.39, 0.29) is 11.7 Å². The van der Waals surface area contributed by atoms with Crippen molar-refractivity contribution in [1.82, 2.24) is 14.6 Å². The van der Waals surface area contributed by atoms with E-state index in [1.54, 1.807) is 22.8 Å². The summed E-state index contributed by atoms with van der Waals surface area (Å²) in [5.74, 6) is 0.581. The lowest BCUT2D eigenvalue weighted by atomic mass is 10.1. The number of aromatic nitrogens is 3. The standard InChI is InChI=1S/C28H27N6O2P.C2H6/c1-17-10-19(13-21(35)11-17)28(36)32-20-7-5-6-18(12-20)15-30-26-14-24(22-8-3-4-9-23(22)29-2)33-27-25(37)16-31-34(26)27;1-2/h3-14,16,29-30,35H,15,37H2,1-2H3,(H,32,36);1-2H3. The predicted molar refractivity (Wildman–Crippen MR) is 163 cm³/mol. The minimum atomic E-state index is -0.280. The van der Waals surface area contributed by atoms with E-state index in [4.69, 9.17) is 4.98 Å². The average Bonchev–Trinajstić information content (AvgIpc) is 3.33. The SMILES string of the molecule is CC.CNc1ccccc1-c1cc(NCc2cccc(NC(=O)c3cc(C)cc(O)c3)c2)n2ncc(P)c2n1. The smallest absolute Gasteiger partial charge is 0.255 e. The van der Waals surface area contributed by atoms with Gasteiger partial charge in [0, 0.05) is 47.5 Å². The van der Waals surface area contributed by atoms with Crippen LogP contribution in [0.2, 0.25) is 0 Å². The van der Waals surface area contributed by atoms with Gasteiger partial charge in [-0.05, 0) is 54.4 Å². The molecule has 2 aromatic heterocycles. The van der Waals surface area contributed by atoms with Gasteiger partial charge in [0.05, 0.1) is 11.9 Å². The number of aryl methyl sites for hydroxylation is 1. The number of benzene rings is 3. The molecule has 39 heavy (non-hydrogen) atoms. The molecule has 4 N–H and O–H groups in total. The third kappa shape index (κ3) is 6.36. The Hall–Kier alpha value is -4.42. The summed E-state index contributed by atoms with van der Waals surface area (Å²) in [6, 6.07) is 22.5. The van der Waals surface area contributed by atoms with E-state index >= 15 is 0 Å². The molecule has 0 bridgehead atoms. The van der Waals surface area contributed by atoms with E-state index in [2.05, 4.69) is 30.3 Å². The Bertz CT molecular complexity index is 1590. The summed E-state index contributed by atoms with van der Waals surface area (Å²) in [5, 5.41) is 24.8. The van der Waals surface area contributed by atoms with Crippen molar-refractivity contribution in [3.05, 3.63) is 95.7 Å². The number of para-hydroxylation sites is 1. The number of hydrogen-bond acceptors (Lipinski definition) is 6. The van der Waals surface area contributed by atoms with Gasteiger partial charge in [0.1, 0.15) is 11.6 Å². The van der Waals surface area contributed by atoms with E-state index in [1.807, 2.05) is 82.4 Å². The molecule has 200 valence electrons. The van der Waals surface area contributed by atoms with Gasteiger partial charge in [-0.3, -0.25) is 4.79 Å². The molecule has 3 aromatic carbocycles. The number of nitrogens with zero attached hydrogens (tertiary/aromatic N) is 3. The fourth-order valence-corrected chi connectivity index (χ4v) is 4.47. The highest BCUT2D eigenvalue weighted by Gasteiger charge is 2.13. The van der Waals surface area contributed by atoms with Gasteiger partial charge >= 0.3 is 0 Å². The van der Waals surface area contributed by atoms with Crippen LogP contribution in [0.15, 0.2) is 79.0 Å². The van der Waals surface area contributed by atoms with Gasteiger partial charge in [0.25, 0.3) is 5.91 Å². The number of aromatic hydroxyl groups is 1. The molecular weight excluding hydrogens is 507 g/mol. The highest BCUT2D eigenvalue weighted by atomic mass is 31.0. The third-order valence-electron chi connectivity index (χ3n) is 5.95. The number of carbonyl (C=O) groups excluding carboxylic acids is 1. The number of rotatable bonds is 7. The largest absolute Gasteiger partial charge is 0.508 e. The molecule has 0 saturated heterocycles. The first-order valence-electron chi connectivity index (χ1n) is 12.8. The predicted octanol–water partition coefficient (Wildman–Crippen LogP) is 5.84. The Morgan fingerprint density at radius 3 is 2.59 bits per heavy atom. The fraction of sp³-hybridized carbons (Fsp3) is 0.167. The second kappa shape index (κ2) is 12.4. The van der Waals surface area contributed by atoms with Crippen molar-refractivity contribution in [1.29, 1.82) is 0 Å². The van der Waals surface area contributed by atoms with Gasteiger partial charge in [-0.15, -0.1) is 0 Å². The van der Waals surface area contributed by atoms with Crippen LogP contribution in [-0.4, -0.2) is 32.7 Å². The van der Waals surface area contributed by atoms with Gasteiger partial charge in [0.15, 0.2) is 5.65 Å². The van der Waals surface area contributed by atoms with Crippen LogP contribution in [0.5, 0.6) is 5.75 Å². The minimum absolute atomic E-state index is 0.0655. The summed E-state index contributed by atoms with van der Waals surface area (Å²) < 4.78 is 1.78. The summed E-state index contributed by atoms with van der Waals surface area (Å²) in [4.78, 5) is 17.6. The molecule has 0 spiro atoms. The van der Waals surface area contributed by atoms with Crippen molar-refractivity contribution in [2.75, 3.05) is 23.0 Å². The second-order valence-electron chi connectivity index (χ2n) is 8.72. The first-order chi connectivity index (χ1) is 18.9. The van der Waals surface area contributed by atoms with Gasteiger partial charge in [-0.25, -0.2) is 4.98 Å². The van der Waals surface area contributed by atoms with Gasteiger partial charge in [-0.1, -0.05) is 53.4 Å². The maximum absolute atomic E-state index is 12.7. The van der Waals surface area contributed by atoms with Crippen molar-refractivity contribution < 1.29 is 9.90 Å². The maximum Gasteiger partial charge on any atom is 0.255 e. The minimum Gasteiger partial charge on any atom is -0.508 e. The fourth-order valence-electron chi connectivity index (χ4n) is 4.22. The zero-order chi connectivity index (χ0) is 27.9. The summed E-state index contributed by atoms with van der Waals surface area (Å²) in [7, 11) is 4.58. The van der Waals surface area contributed by atoms with Crippen LogP contribution in [-0.2, 0) is 6.54 Å². The third-order valence-corrected chi connectivity index (χ3v) is 6.36. The van der Waals surface area contributed by atoms with Crippen LogP contribution in [0.4, 0.5) is 17.2 Å². The monoisotopic (exact) mass is 540 g/mol. The topological polar surface area (TPSA) is 104 Å². The van der Waals surface area contributed by atoms with E-state index in [9.17, 15) is 9.90 Å². The normalized spacial score (nSPS) is 10.5. The number of nitrogens with one attached hydrogen (secondary N) is 3. The quantitative estimate of drug-likeness (QED) is 0.193. The number of fused-ring (bicyclic) bond motifs is 1. The number of phenols is 1. The first-order valence-corrected chi connectivity index (χ1v) is 13.4. The summed E-state index contributed by atoms with van der Waals surface area (Å²) in [5.41, 5.74) is 6.42. The molecule has 5 rings (SSSR count). The summed E-state index contributed by atoms with van der Waals surface area (Å²) in [6.45, 7) is 6.34. The van der Waals surface area contributed by atoms with Crippen LogP contribution in [0, 0.1) is 6.92 Å². The van der Waals surface area contributed by atoms with E-state index < -0.39 is 0 Å². The first kappa shape index (κ1) is 27.6. The van der Waals surface area contributed by atoms with Gasteiger partial charge in [-0.2, -0.15) is 9.61 Å². The molecule has 0 aliphatic heterocycles. The van der Waals surface area contributed by atoms with Crippen molar-refractivity contribution in [2.45, 2.75) is 27.3 Å². The second-order valence-corrected chi connectivity index (χ2v) is 9.34. The Kier molecular flexibility index (Phi) is 8.79. The van der Waals surface area contributed by atoms with Crippen LogP contribution in [0.3, 0.4) is 0 Å². The molecule has 0 saturated carbocycles. The zero-order valence-electron chi connectivity index (χ0n) is 22.5. The molecule has 1 atom stereocenters. The number of carbonyl (C=O) groups is 1. The molecule has 9 heteroatoms. The van der Waals surface area contributed by atoms with Crippen LogP contribution < -0.4 is 21.3 Å². The Balaban J connectivity index is 0.00000172. The maximum atomic E-state index is 12.7. The van der Waals surface area contributed by atoms with Gasteiger partial charge in [0.2, 0.25) is 0 Å². The number of amides is 1. The average molecular weight is 541 g/mol. The number of hydrogen-bond donors (Lipinski definition) is 4. The van der Waals surface area contributed by atoms with Crippen LogP contribution in [0.25, 0.3) is 16.9 Å². The lowest BCUT2D eigenvalue weighted by molar-refractivity contribution is 0.102. The molecule has 0 fully saturated rings. The molecular formula is C30H33N6O2P. The summed E-state index contributed by atoms with van der Waals surface area (Å²) >= 11 is 0. The van der Waals surface area contributed by atoms with E-state index in [0.717, 1.165) is 44.8 Å². The molecule has 0 aliphatic carbocycles. The van der Waals surface area contributed by atoms with Crippen LogP contribution in [0.1, 0.15) is 35.3 Å². The lowest BCUT2D eigenvalue weighted by Crippen LogP contribution is -2.12. The lowest BCUT2D eigenvalue weighted by Gasteiger charge is -2.14. The molecule has 1 unspecified atom stereocenters. The van der Waals surface area contributed by atoms with Crippen molar-refractivity contribution >= 4 is 43.3 Å². The molecule has 0 aliphatic rings. The zero-order valence-corrected chi connectivity index (χ0v) is 23.6. The highest BCUT2D eigenvalue weighted by molar-refractivity contribution is 7.28. The Morgan fingerprint density at radius 1 is 1.03 bits per heavy atom. The molecule has 5 aromatic rings. The van der Waals surface area contributed by atoms with E-state index in [1.165, 1.54) is 6.07 Å². The van der Waals surface area contributed by atoms with Crippen molar-refractivity contribution in [3.63, 3.8) is 0 Å². The molecule has 1 amide bonds. The molecule has 8 nitrogen and oxygen atoms in total. The summed E-state index contributed by atoms with van der Waals surface area (Å²) in [6.07, 6.45) is 1.77. The number of anilines is 3. The Labute approximate surface area is 230 Å². The van der Waals surface area contributed by atoms with Crippen molar-refractivity contribution in [3.8, 4) is 17.0 Å². The van der Waals surface area contributed by atoms with E-state index in [0.29, 0.717) is 17.8 Å². The highest BCUT2D eigenvalue weighted by Crippen LogP contribution is 2.29.